The second-order valence-corrected chi connectivity index (χ2v) is 10.4. The fraction of sp³-hybridized carbons (Fsp3) is 0.840. The predicted molar refractivity (Wildman–Crippen MR) is 133 cm³/mol. The van der Waals surface area contributed by atoms with Crippen molar-refractivity contribution in [2.75, 3.05) is 80.0 Å². The Kier molecular flexibility index (Phi) is 9.58. The van der Waals surface area contributed by atoms with Crippen LogP contribution in [0.5, 0.6) is 0 Å². The van der Waals surface area contributed by atoms with E-state index in [0.29, 0.717) is 24.9 Å². The van der Waals surface area contributed by atoms with Gasteiger partial charge >= 0.3 is 6.03 Å². The van der Waals surface area contributed by atoms with Crippen LogP contribution in [0.2, 0.25) is 0 Å². The minimum absolute atomic E-state index is 0.0434. The van der Waals surface area contributed by atoms with Gasteiger partial charge in [-0.3, -0.25) is 14.6 Å². The number of nitrogens with one attached hydrogen (secondary N) is 1. The summed E-state index contributed by atoms with van der Waals surface area (Å²) < 4.78 is 0. The molecule has 2 amide bonds. The first kappa shape index (κ1) is 26.0. The zero-order valence-electron chi connectivity index (χ0n) is 21.6. The number of ketones is 1. The van der Waals surface area contributed by atoms with Gasteiger partial charge in [0.15, 0.2) is 5.78 Å². The lowest BCUT2D eigenvalue weighted by Crippen LogP contribution is -2.59. The van der Waals surface area contributed by atoms with E-state index in [1.54, 1.807) is 0 Å². The number of urea groups is 1. The molecule has 33 heavy (non-hydrogen) atoms. The minimum atomic E-state index is 0.0434. The molecule has 1 N–H and O–H groups in total. The summed E-state index contributed by atoms with van der Waals surface area (Å²) in [5, 5.41) is 3.33. The summed E-state index contributed by atoms with van der Waals surface area (Å²) in [5.41, 5.74) is 0.950. The van der Waals surface area contributed by atoms with Crippen molar-refractivity contribution in [1.29, 1.82) is 0 Å². The standard InChI is InChI=1S/C25H46N6O2/c1-6-8-31-19-22(15-20-17-24(32)21(16-23(20)31)18-27(3)4)26-25(33)30(7-2)14-13-29-11-9-28(5)10-12-29/h18,20,22-23H,6-17,19H2,1-5H3,(H,26,33)/t20-,22+,23-/m1/s1. The Morgan fingerprint density at radius 1 is 1.12 bits per heavy atom. The summed E-state index contributed by atoms with van der Waals surface area (Å²) in [6.45, 7) is 12.9. The summed E-state index contributed by atoms with van der Waals surface area (Å²) >= 11 is 0. The summed E-state index contributed by atoms with van der Waals surface area (Å²) in [6, 6.07) is 0.554. The van der Waals surface area contributed by atoms with Gasteiger partial charge in [0, 0.05) is 96.7 Å². The highest BCUT2D eigenvalue weighted by atomic mass is 16.2. The number of likely N-dealkylation sites (tertiary alicyclic amines) is 1. The largest absolute Gasteiger partial charge is 0.383 e. The van der Waals surface area contributed by atoms with Gasteiger partial charge in [-0.05, 0) is 45.7 Å². The summed E-state index contributed by atoms with van der Waals surface area (Å²) in [7, 11) is 6.12. The van der Waals surface area contributed by atoms with Gasteiger partial charge in [0.2, 0.25) is 0 Å². The number of nitrogens with zero attached hydrogens (tertiary/aromatic N) is 5. The van der Waals surface area contributed by atoms with Crippen molar-refractivity contribution in [3.8, 4) is 0 Å². The zero-order valence-corrected chi connectivity index (χ0v) is 21.6. The fourth-order valence-electron chi connectivity index (χ4n) is 5.63. The van der Waals surface area contributed by atoms with Crippen molar-refractivity contribution in [2.24, 2.45) is 5.92 Å². The third kappa shape index (κ3) is 7.17. The van der Waals surface area contributed by atoms with E-state index >= 15 is 0 Å². The lowest BCUT2D eigenvalue weighted by atomic mass is 9.74. The van der Waals surface area contributed by atoms with E-state index in [9.17, 15) is 9.59 Å². The van der Waals surface area contributed by atoms with Gasteiger partial charge in [-0.25, -0.2) is 4.79 Å². The van der Waals surface area contributed by atoms with E-state index in [-0.39, 0.29) is 17.9 Å². The van der Waals surface area contributed by atoms with Crippen molar-refractivity contribution in [2.45, 2.75) is 51.6 Å². The van der Waals surface area contributed by atoms with Crippen LogP contribution in [0.4, 0.5) is 4.79 Å². The van der Waals surface area contributed by atoms with Crippen LogP contribution in [0.25, 0.3) is 0 Å². The molecule has 0 bridgehead atoms. The Morgan fingerprint density at radius 2 is 1.85 bits per heavy atom. The van der Waals surface area contributed by atoms with Gasteiger partial charge < -0.3 is 20.0 Å². The van der Waals surface area contributed by atoms with Gasteiger partial charge in [-0.2, -0.15) is 0 Å². The van der Waals surface area contributed by atoms with Crippen molar-refractivity contribution in [3.63, 3.8) is 0 Å². The Bertz CT molecular complexity index is 688. The van der Waals surface area contributed by atoms with Crippen LogP contribution >= 0.6 is 0 Å². The summed E-state index contributed by atoms with van der Waals surface area (Å²) in [5.74, 6) is 0.596. The van der Waals surface area contributed by atoms with Crippen molar-refractivity contribution in [1.82, 2.24) is 29.8 Å². The van der Waals surface area contributed by atoms with Crippen LogP contribution in [-0.2, 0) is 4.79 Å². The molecule has 8 heteroatoms. The minimum Gasteiger partial charge on any atom is -0.383 e. The number of amides is 2. The molecule has 1 saturated carbocycles. The van der Waals surface area contributed by atoms with Crippen LogP contribution in [0.15, 0.2) is 11.8 Å². The quantitative estimate of drug-likeness (QED) is 0.552. The van der Waals surface area contributed by atoms with Gasteiger partial charge in [0.25, 0.3) is 0 Å². The second-order valence-electron chi connectivity index (χ2n) is 10.4. The molecule has 0 aromatic heterocycles. The highest BCUT2D eigenvalue weighted by Gasteiger charge is 2.41. The molecule has 0 aromatic rings. The van der Waals surface area contributed by atoms with E-state index in [4.69, 9.17) is 0 Å². The first-order valence-corrected chi connectivity index (χ1v) is 12.9. The molecule has 2 saturated heterocycles. The molecule has 0 radical (unpaired) electrons. The topological polar surface area (TPSA) is 62.4 Å². The van der Waals surface area contributed by atoms with Crippen molar-refractivity contribution < 1.29 is 9.59 Å². The van der Waals surface area contributed by atoms with Gasteiger partial charge in [0.1, 0.15) is 0 Å². The molecular weight excluding hydrogens is 416 g/mol. The molecule has 3 aliphatic rings. The zero-order chi connectivity index (χ0) is 24.0. The Morgan fingerprint density at radius 3 is 2.48 bits per heavy atom. The van der Waals surface area contributed by atoms with E-state index < -0.39 is 0 Å². The molecule has 188 valence electrons. The molecule has 0 aromatic carbocycles. The summed E-state index contributed by atoms with van der Waals surface area (Å²) in [4.78, 5) is 37.1. The van der Waals surface area contributed by atoms with Gasteiger partial charge in [0.05, 0.1) is 0 Å². The van der Waals surface area contributed by atoms with Gasteiger partial charge in [-0.1, -0.05) is 6.92 Å². The van der Waals surface area contributed by atoms with Crippen LogP contribution in [0, 0.1) is 5.92 Å². The smallest absolute Gasteiger partial charge is 0.317 e. The maximum absolute atomic E-state index is 13.1. The molecule has 2 aliphatic heterocycles. The maximum Gasteiger partial charge on any atom is 0.317 e. The molecule has 3 atom stereocenters. The van der Waals surface area contributed by atoms with Crippen LogP contribution in [0.1, 0.15) is 39.5 Å². The third-order valence-corrected chi connectivity index (χ3v) is 7.49. The predicted octanol–water partition coefficient (Wildman–Crippen LogP) is 1.54. The molecule has 0 spiro atoms. The van der Waals surface area contributed by atoms with Crippen LogP contribution in [-0.4, -0.2) is 128 Å². The molecule has 1 aliphatic carbocycles. The number of hydrogen-bond acceptors (Lipinski definition) is 6. The molecular formula is C25H46N6O2. The molecule has 3 rings (SSSR count). The Hall–Kier alpha value is -1.64. The molecule has 3 fully saturated rings. The highest BCUT2D eigenvalue weighted by Crippen LogP contribution is 2.36. The lowest BCUT2D eigenvalue weighted by molar-refractivity contribution is -0.119. The number of Topliss-reactive ketones (excluding diaryl/α,β-unsaturated/α-hetero) is 1. The van der Waals surface area contributed by atoms with E-state index in [2.05, 4.69) is 40.9 Å². The number of hydrogen-bond donors (Lipinski definition) is 1. The fourth-order valence-corrected chi connectivity index (χ4v) is 5.63. The van der Waals surface area contributed by atoms with E-state index in [1.807, 2.05) is 30.1 Å². The molecule has 8 nitrogen and oxygen atoms in total. The summed E-state index contributed by atoms with van der Waals surface area (Å²) in [6.07, 6.45) is 5.40. The Labute approximate surface area is 200 Å². The van der Waals surface area contributed by atoms with E-state index in [0.717, 1.165) is 77.2 Å². The number of likely N-dealkylation sites (N-methyl/N-ethyl adjacent to an activating group) is 2. The number of carbonyl (C=O) groups excluding carboxylic acids is 2. The Balaban J connectivity index is 1.57. The first-order chi connectivity index (χ1) is 15.8. The van der Waals surface area contributed by atoms with Crippen molar-refractivity contribution >= 4 is 11.8 Å². The second kappa shape index (κ2) is 12.2. The maximum atomic E-state index is 13.1. The average Bonchev–Trinajstić information content (AvgIpc) is 2.76. The molecule has 0 unspecified atom stereocenters. The van der Waals surface area contributed by atoms with Gasteiger partial charge in [-0.15, -0.1) is 0 Å². The first-order valence-electron chi connectivity index (χ1n) is 12.9. The van der Waals surface area contributed by atoms with Crippen molar-refractivity contribution in [3.05, 3.63) is 11.8 Å². The van der Waals surface area contributed by atoms with Crippen LogP contribution < -0.4 is 5.32 Å². The number of rotatable bonds is 8. The van der Waals surface area contributed by atoms with Crippen LogP contribution in [0.3, 0.4) is 0 Å². The number of carbonyl (C=O) groups is 2. The number of fused-ring (bicyclic) bond motifs is 1. The molecule has 2 heterocycles. The SMILES string of the molecule is CCCN1C[C@@H](NC(=O)N(CC)CCN2CCN(C)CC2)C[C@@H]2CC(=O)C(=CN(C)C)C[C@H]21. The normalized spacial score (nSPS) is 28.6. The van der Waals surface area contributed by atoms with E-state index in [1.165, 1.54) is 0 Å². The number of piperidine rings is 1. The number of piperazine rings is 1. The monoisotopic (exact) mass is 462 g/mol. The average molecular weight is 463 g/mol. The lowest BCUT2D eigenvalue weighted by Gasteiger charge is -2.47. The third-order valence-electron chi connectivity index (χ3n) is 7.49. The highest BCUT2D eigenvalue weighted by molar-refractivity contribution is 5.96.